The third kappa shape index (κ3) is 3.68. The van der Waals surface area contributed by atoms with Gasteiger partial charge in [-0.1, -0.05) is 0 Å². The van der Waals surface area contributed by atoms with Crippen molar-refractivity contribution in [3.63, 3.8) is 0 Å². The lowest BCUT2D eigenvalue weighted by molar-refractivity contribution is -0.141. The minimum atomic E-state index is -4.77. The summed E-state index contributed by atoms with van der Waals surface area (Å²) in [6, 6.07) is 0.0126. The molecule has 3 aromatic heterocycles. The van der Waals surface area contributed by atoms with Gasteiger partial charge in [0.05, 0.1) is 18.1 Å². The number of amides is 1. The second kappa shape index (κ2) is 6.14. The van der Waals surface area contributed by atoms with Crippen molar-refractivity contribution in [2.75, 3.05) is 5.32 Å². The van der Waals surface area contributed by atoms with Crippen LogP contribution in [-0.2, 0) is 6.18 Å². The molecule has 3 aromatic rings. The van der Waals surface area contributed by atoms with E-state index in [1.165, 1.54) is 18.7 Å². The van der Waals surface area contributed by atoms with Crippen molar-refractivity contribution in [1.29, 1.82) is 0 Å². The summed E-state index contributed by atoms with van der Waals surface area (Å²) < 4.78 is 40.2. The largest absolute Gasteiger partial charge is 0.479 e. The van der Waals surface area contributed by atoms with E-state index in [0.717, 1.165) is 17.0 Å². The topological polar surface area (TPSA) is 119 Å². The van der Waals surface area contributed by atoms with E-state index < -0.39 is 29.5 Å². The molecule has 0 aromatic carbocycles. The molecule has 2 N–H and O–H groups in total. The number of nitrogens with one attached hydrogen (secondary N) is 1. The molecule has 0 saturated heterocycles. The van der Waals surface area contributed by atoms with Crippen LogP contribution in [-0.4, -0.2) is 40.5 Å². The first-order valence-electron chi connectivity index (χ1n) is 6.60. The number of anilines is 1. The number of aromatic nitrogens is 6. The van der Waals surface area contributed by atoms with Crippen molar-refractivity contribution in [1.82, 2.24) is 29.5 Å². The number of aromatic hydroxyl groups is 1. The Morgan fingerprint density at radius 3 is 2.52 bits per heavy atom. The van der Waals surface area contributed by atoms with Gasteiger partial charge in [-0.25, -0.2) is 24.9 Å². The smallest absolute Gasteiger partial charge is 0.433 e. The number of rotatable bonds is 3. The lowest BCUT2D eigenvalue weighted by Gasteiger charge is -2.10. The van der Waals surface area contributed by atoms with E-state index in [9.17, 15) is 18.0 Å². The first kappa shape index (κ1) is 16.3. The lowest BCUT2D eigenvalue weighted by atomic mass is 10.3. The van der Waals surface area contributed by atoms with Crippen LogP contribution in [0.15, 0.2) is 37.2 Å². The van der Waals surface area contributed by atoms with Crippen LogP contribution in [0.1, 0.15) is 16.2 Å². The summed E-state index contributed by atoms with van der Waals surface area (Å²) in [6.45, 7) is 0. The summed E-state index contributed by atoms with van der Waals surface area (Å²) in [5, 5.41) is 11.3. The molecule has 0 fully saturated rings. The Hall–Kier alpha value is -3.57. The van der Waals surface area contributed by atoms with Gasteiger partial charge in [0.1, 0.15) is 12.0 Å². The molecule has 0 saturated carbocycles. The minimum absolute atomic E-state index is 0.0687. The zero-order valence-electron chi connectivity index (χ0n) is 12.1. The van der Waals surface area contributed by atoms with E-state index in [4.69, 9.17) is 5.11 Å². The van der Waals surface area contributed by atoms with Gasteiger partial charge in [-0.3, -0.25) is 9.36 Å². The first-order valence-corrected chi connectivity index (χ1v) is 6.60. The highest BCUT2D eigenvalue weighted by Gasteiger charge is 2.34. The van der Waals surface area contributed by atoms with Crippen molar-refractivity contribution in [3.05, 3.63) is 48.6 Å². The molecular formula is C13H8F3N7O2. The molecule has 0 aliphatic rings. The fourth-order valence-electron chi connectivity index (χ4n) is 1.77. The third-order valence-corrected chi connectivity index (χ3v) is 2.87. The van der Waals surface area contributed by atoms with Crippen LogP contribution in [0.4, 0.5) is 18.9 Å². The Balaban J connectivity index is 1.98. The van der Waals surface area contributed by atoms with E-state index in [-0.39, 0.29) is 11.6 Å². The first-order chi connectivity index (χ1) is 11.8. The molecule has 25 heavy (non-hydrogen) atoms. The number of carbonyl (C=O) groups excluding carboxylic acids is 1. The monoisotopic (exact) mass is 351 g/mol. The number of nitrogens with zero attached hydrogens (tertiary/aromatic N) is 6. The summed E-state index contributed by atoms with van der Waals surface area (Å²) in [7, 11) is 0. The Labute approximate surface area is 137 Å². The maximum Gasteiger partial charge on any atom is 0.433 e. The zero-order chi connectivity index (χ0) is 18.0. The summed E-state index contributed by atoms with van der Waals surface area (Å²) >= 11 is 0. The predicted molar refractivity (Wildman–Crippen MR) is 75.8 cm³/mol. The Bertz CT molecular complexity index is 895. The molecule has 3 rings (SSSR count). The maximum absolute atomic E-state index is 13.0. The van der Waals surface area contributed by atoms with Gasteiger partial charge in [-0.2, -0.15) is 13.2 Å². The number of carbonyl (C=O) groups is 1. The molecule has 128 valence electrons. The molecule has 0 atom stereocenters. The van der Waals surface area contributed by atoms with Crippen molar-refractivity contribution >= 4 is 11.6 Å². The van der Waals surface area contributed by atoms with Crippen LogP contribution in [0.5, 0.6) is 6.01 Å². The normalized spacial score (nSPS) is 11.3. The summed E-state index contributed by atoms with van der Waals surface area (Å²) in [6.07, 6.45) is 1.27. The molecule has 0 radical (unpaired) electrons. The highest BCUT2D eigenvalue weighted by atomic mass is 19.4. The molecule has 12 heteroatoms. The molecule has 0 aliphatic carbocycles. The standard InChI is InChI=1S/C13H8F3N7O2/c14-13(15,16)9-3-8(21-11(22-9)23-2-1-17-6-23)10(24)20-7-4-18-12(25)19-5-7/h1-6H,(H,20,24)(H,18,19,25). The van der Waals surface area contributed by atoms with E-state index in [1.54, 1.807) is 0 Å². The van der Waals surface area contributed by atoms with E-state index in [1.807, 2.05) is 0 Å². The van der Waals surface area contributed by atoms with Gasteiger partial charge < -0.3 is 10.4 Å². The van der Waals surface area contributed by atoms with E-state index >= 15 is 0 Å². The van der Waals surface area contributed by atoms with Crippen LogP contribution in [0, 0.1) is 0 Å². The summed E-state index contributed by atoms with van der Waals surface area (Å²) in [5.74, 6) is -1.29. The quantitative estimate of drug-likeness (QED) is 0.732. The van der Waals surface area contributed by atoms with Gasteiger partial charge in [0.2, 0.25) is 5.95 Å². The van der Waals surface area contributed by atoms with Crippen LogP contribution in [0.3, 0.4) is 0 Å². The number of hydrogen-bond acceptors (Lipinski definition) is 7. The molecule has 3 heterocycles. The summed E-state index contributed by atoms with van der Waals surface area (Å²) in [4.78, 5) is 30.0. The molecular weight excluding hydrogens is 343 g/mol. The molecule has 9 nitrogen and oxygen atoms in total. The van der Waals surface area contributed by atoms with Gasteiger partial charge in [0.25, 0.3) is 5.91 Å². The van der Waals surface area contributed by atoms with E-state index in [0.29, 0.717) is 6.07 Å². The average molecular weight is 351 g/mol. The third-order valence-electron chi connectivity index (χ3n) is 2.87. The highest BCUT2D eigenvalue weighted by molar-refractivity contribution is 6.02. The molecule has 0 unspecified atom stereocenters. The molecule has 1 amide bonds. The Morgan fingerprint density at radius 1 is 1.20 bits per heavy atom. The van der Waals surface area contributed by atoms with Crippen LogP contribution < -0.4 is 5.32 Å². The average Bonchev–Trinajstić information content (AvgIpc) is 3.10. The van der Waals surface area contributed by atoms with Crippen molar-refractivity contribution in [2.45, 2.75) is 6.18 Å². The van der Waals surface area contributed by atoms with Crippen molar-refractivity contribution in [2.24, 2.45) is 0 Å². The predicted octanol–water partition coefficient (Wildman–Crippen LogP) is 1.43. The molecule has 0 aliphatic heterocycles. The number of hydrogen-bond donors (Lipinski definition) is 2. The Morgan fingerprint density at radius 2 is 1.92 bits per heavy atom. The lowest BCUT2D eigenvalue weighted by Crippen LogP contribution is -2.19. The number of alkyl halides is 3. The van der Waals surface area contributed by atoms with Crippen LogP contribution in [0.2, 0.25) is 0 Å². The second-order valence-electron chi connectivity index (χ2n) is 4.63. The van der Waals surface area contributed by atoms with Gasteiger partial charge in [-0.05, 0) is 0 Å². The van der Waals surface area contributed by atoms with Gasteiger partial charge in [0.15, 0.2) is 5.69 Å². The van der Waals surface area contributed by atoms with Crippen LogP contribution >= 0.6 is 0 Å². The maximum atomic E-state index is 13.0. The van der Waals surface area contributed by atoms with E-state index in [2.05, 4.69) is 30.2 Å². The highest BCUT2D eigenvalue weighted by Crippen LogP contribution is 2.28. The fourth-order valence-corrected chi connectivity index (χ4v) is 1.77. The van der Waals surface area contributed by atoms with Gasteiger partial charge in [0, 0.05) is 18.5 Å². The molecule has 0 spiro atoms. The Kier molecular flexibility index (Phi) is 4.00. The SMILES string of the molecule is O=C(Nc1cnc(O)nc1)c1cc(C(F)(F)F)nc(-n2ccnc2)n1. The van der Waals surface area contributed by atoms with Crippen molar-refractivity contribution < 1.29 is 23.1 Å². The molecule has 0 bridgehead atoms. The zero-order valence-corrected chi connectivity index (χ0v) is 12.1. The number of imidazole rings is 1. The van der Waals surface area contributed by atoms with Crippen molar-refractivity contribution in [3.8, 4) is 12.0 Å². The minimum Gasteiger partial charge on any atom is -0.479 e. The fraction of sp³-hybridized carbons (Fsp3) is 0.0769. The second-order valence-corrected chi connectivity index (χ2v) is 4.63. The van der Waals surface area contributed by atoms with Crippen LogP contribution in [0.25, 0.3) is 5.95 Å². The number of halogens is 3. The van der Waals surface area contributed by atoms with Gasteiger partial charge >= 0.3 is 12.2 Å². The summed E-state index contributed by atoms with van der Waals surface area (Å²) in [5.41, 5.74) is -1.73. The van der Waals surface area contributed by atoms with Gasteiger partial charge in [-0.15, -0.1) is 0 Å².